The third kappa shape index (κ3) is 2.96. The van der Waals surface area contributed by atoms with Gasteiger partial charge in [-0.15, -0.1) is 0 Å². The fourth-order valence-electron chi connectivity index (χ4n) is 2.13. The maximum Gasteiger partial charge on any atom is 0.188 e. The van der Waals surface area contributed by atoms with Crippen molar-refractivity contribution in [2.24, 2.45) is 0 Å². The predicted octanol–water partition coefficient (Wildman–Crippen LogP) is 4.30. The van der Waals surface area contributed by atoms with E-state index in [9.17, 15) is 4.21 Å². The van der Waals surface area contributed by atoms with Gasteiger partial charge >= 0.3 is 0 Å². The van der Waals surface area contributed by atoms with Crippen LogP contribution in [0.4, 0.5) is 0 Å². The van der Waals surface area contributed by atoms with Gasteiger partial charge in [-0.1, -0.05) is 36.4 Å². The van der Waals surface area contributed by atoms with Gasteiger partial charge in [0.25, 0.3) is 0 Å². The number of fused-ring (bicyclic) bond motifs is 1. The Bertz CT molecular complexity index is 776. The van der Waals surface area contributed by atoms with Gasteiger partial charge in [-0.05, 0) is 35.7 Å². The molecule has 1 atom stereocenters. The Labute approximate surface area is 125 Å². The van der Waals surface area contributed by atoms with E-state index in [-0.39, 0.29) is 0 Å². The van der Waals surface area contributed by atoms with Crippen LogP contribution < -0.4 is 4.74 Å². The van der Waals surface area contributed by atoms with E-state index in [1.54, 1.807) is 24.3 Å². The highest BCUT2D eigenvalue weighted by atomic mass is 32.2. The Morgan fingerprint density at radius 2 is 1.57 bits per heavy atom. The van der Waals surface area contributed by atoms with Crippen molar-refractivity contribution in [3.63, 3.8) is 0 Å². The van der Waals surface area contributed by atoms with Crippen molar-refractivity contribution >= 4 is 21.9 Å². The Kier molecular flexibility index (Phi) is 3.99. The van der Waals surface area contributed by atoms with Crippen molar-refractivity contribution in [2.45, 2.75) is 4.90 Å². The van der Waals surface area contributed by atoms with Crippen molar-refractivity contribution in [1.29, 1.82) is 0 Å². The monoisotopic (exact) mass is 298 g/mol. The highest BCUT2D eigenvalue weighted by Crippen LogP contribution is 2.30. The molecule has 0 aliphatic heterocycles. The average Bonchev–Trinajstić information content (AvgIpc) is 2.55. The van der Waals surface area contributed by atoms with Crippen LogP contribution in [0.15, 0.2) is 71.6 Å². The van der Waals surface area contributed by atoms with E-state index in [1.807, 2.05) is 42.5 Å². The SMILES string of the molecule is COS(=O)c1ccc(Oc2cccc3ccccc23)cc1. The maximum atomic E-state index is 11.5. The molecule has 0 radical (unpaired) electrons. The number of hydrogen-bond donors (Lipinski definition) is 0. The molecule has 0 aromatic heterocycles. The number of hydrogen-bond acceptors (Lipinski definition) is 3. The molecule has 3 rings (SSSR count). The molecule has 0 saturated heterocycles. The summed E-state index contributed by atoms with van der Waals surface area (Å²) in [6.45, 7) is 0. The van der Waals surface area contributed by atoms with E-state index in [2.05, 4.69) is 0 Å². The summed E-state index contributed by atoms with van der Waals surface area (Å²) < 4.78 is 22.2. The Morgan fingerprint density at radius 3 is 2.33 bits per heavy atom. The maximum absolute atomic E-state index is 11.5. The van der Waals surface area contributed by atoms with Crippen molar-refractivity contribution in [1.82, 2.24) is 0 Å². The Hall–Kier alpha value is -2.17. The van der Waals surface area contributed by atoms with Crippen LogP contribution in [-0.4, -0.2) is 11.3 Å². The first-order chi connectivity index (χ1) is 10.3. The minimum absolute atomic E-state index is 0.614. The van der Waals surface area contributed by atoms with E-state index in [4.69, 9.17) is 8.92 Å². The van der Waals surface area contributed by atoms with Gasteiger partial charge in [-0.3, -0.25) is 4.18 Å². The van der Waals surface area contributed by atoms with Crippen molar-refractivity contribution < 1.29 is 13.1 Å². The lowest BCUT2D eigenvalue weighted by Gasteiger charge is -2.09. The van der Waals surface area contributed by atoms with Crippen LogP contribution in [-0.2, 0) is 15.3 Å². The molecule has 0 heterocycles. The summed E-state index contributed by atoms with van der Waals surface area (Å²) >= 11 is -1.42. The van der Waals surface area contributed by atoms with Crippen LogP contribution in [0, 0.1) is 0 Å². The molecule has 21 heavy (non-hydrogen) atoms. The lowest BCUT2D eigenvalue weighted by Crippen LogP contribution is -1.93. The van der Waals surface area contributed by atoms with Crippen LogP contribution in [0.1, 0.15) is 0 Å². The summed E-state index contributed by atoms with van der Waals surface area (Å²) in [6, 6.07) is 21.1. The van der Waals surface area contributed by atoms with E-state index in [1.165, 1.54) is 7.11 Å². The summed E-state index contributed by atoms with van der Waals surface area (Å²) in [6.07, 6.45) is 0. The van der Waals surface area contributed by atoms with Crippen molar-refractivity contribution in [2.75, 3.05) is 7.11 Å². The molecule has 0 bridgehead atoms. The highest BCUT2D eigenvalue weighted by molar-refractivity contribution is 7.80. The smallest absolute Gasteiger partial charge is 0.188 e. The molecule has 0 amide bonds. The van der Waals surface area contributed by atoms with Crippen LogP contribution in [0.5, 0.6) is 11.5 Å². The first-order valence-electron chi connectivity index (χ1n) is 6.50. The van der Waals surface area contributed by atoms with Crippen LogP contribution in [0.2, 0.25) is 0 Å². The normalized spacial score (nSPS) is 12.2. The topological polar surface area (TPSA) is 35.5 Å². The first-order valence-corrected chi connectivity index (χ1v) is 7.57. The molecule has 3 aromatic carbocycles. The highest BCUT2D eigenvalue weighted by Gasteiger charge is 2.05. The number of rotatable bonds is 4. The molecule has 0 aliphatic carbocycles. The van der Waals surface area contributed by atoms with Gasteiger partial charge in [0.05, 0.1) is 12.0 Å². The fourth-order valence-corrected chi connectivity index (χ4v) is 2.68. The fraction of sp³-hybridized carbons (Fsp3) is 0.0588. The summed E-state index contributed by atoms with van der Waals surface area (Å²) in [4.78, 5) is 0.614. The number of ether oxygens (including phenoxy) is 1. The van der Waals surface area contributed by atoms with E-state index in [0.717, 1.165) is 16.5 Å². The zero-order valence-electron chi connectivity index (χ0n) is 11.5. The molecule has 0 N–H and O–H groups in total. The second-order valence-electron chi connectivity index (χ2n) is 4.45. The molecule has 0 spiro atoms. The third-order valence-corrected chi connectivity index (χ3v) is 4.10. The van der Waals surface area contributed by atoms with E-state index < -0.39 is 11.1 Å². The second kappa shape index (κ2) is 6.08. The van der Waals surface area contributed by atoms with E-state index >= 15 is 0 Å². The standard InChI is InChI=1S/C17H14O3S/c1-19-21(18)15-11-9-14(10-12-15)20-17-8-4-6-13-5-2-3-7-16(13)17/h2-12H,1H3. The van der Waals surface area contributed by atoms with Gasteiger partial charge < -0.3 is 4.74 Å². The quantitative estimate of drug-likeness (QED) is 0.720. The summed E-state index contributed by atoms with van der Waals surface area (Å²) in [7, 11) is 1.41. The zero-order chi connectivity index (χ0) is 14.7. The van der Waals surface area contributed by atoms with Gasteiger partial charge in [0.2, 0.25) is 0 Å². The van der Waals surface area contributed by atoms with Gasteiger partial charge in [0.15, 0.2) is 11.1 Å². The third-order valence-electron chi connectivity index (χ3n) is 3.14. The Morgan fingerprint density at radius 1 is 0.857 bits per heavy atom. The summed E-state index contributed by atoms with van der Waals surface area (Å²) in [5.74, 6) is 1.50. The van der Waals surface area contributed by atoms with Crippen LogP contribution in [0.3, 0.4) is 0 Å². The van der Waals surface area contributed by atoms with Crippen molar-refractivity contribution in [3.05, 3.63) is 66.7 Å². The van der Waals surface area contributed by atoms with Gasteiger partial charge in [-0.25, -0.2) is 4.21 Å². The largest absolute Gasteiger partial charge is 0.457 e. The zero-order valence-corrected chi connectivity index (χ0v) is 12.3. The lowest BCUT2D eigenvalue weighted by molar-refractivity contribution is 0.445. The van der Waals surface area contributed by atoms with Gasteiger partial charge in [-0.2, -0.15) is 0 Å². The van der Waals surface area contributed by atoms with Gasteiger partial charge in [0.1, 0.15) is 11.5 Å². The van der Waals surface area contributed by atoms with Gasteiger partial charge in [0, 0.05) is 5.39 Å². The molecule has 1 unspecified atom stereocenters. The molecule has 0 fully saturated rings. The minimum Gasteiger partial charge on any atom is -0.457 e. The number of benzene rings is 3. The molecule has 0 saturated carbocycles. The minimum atomic E-state index is -1.42. The first kappa shape index (κ1) is 13.8. The average molecular weight is 298 g/mol. The predicted molar refractivity (Wildman–Crippen MR) is 83.9 cm³/mol. The molecule has 3 aromatic rings. The Balaban J connectivity index is 1.90. The summed E-state index contributed by atoms with van der Waals surface area (Å²) in [5, 5.41) is 2.19. The van der Waals surface area contributed by atoms with Crippen LogP contribution >= 0.6 is 0 Å². The molecular weight excluding hydrogens is 284 g/mol. The lowest BCUT2D eigenvalue weighted by atomic mass is 10.1. The molecule has 3 nitrogen and oxygen atoms in total. The van der Waals surface area contributed by atoms with E-state index in [0.29, 0.717) is 10.6 Å². The van der Waals surface area contributed by atoms with Crippen LogP contribution in [0.25, 0.3) is 10.8 Å². The second-order valence-corrected chi connectivity index (χ2v) is 5.73. The summed E-state index contributed by atoms with van der Waals surface area (Å²) in [5.41, 5.74) is 0. The van der Waals surface area contributed by atoms with Crippen molar-refractivity contribution in [3.8, 4) is 11.5 Å². The molecule has 0 aliphatic rings. The molecule has 106 valence electrons. The molecule has 4 heteroatoms. The molecular formula is C17H14O3S.